The molecule has 110 valence electrons. The molecule has 0 atom stereocenters. The van der Waals surface area contributed by atoms with Gasteiger partial charge in [0.15, 0.2) is 0 Å². The van der Waals surface area contributed by atoms with Gasteiger partial charge in [0.1, 0.15) is 0 Å². The summed E-state index contributed by atoms with van der Waals surface area (Å²) in [6, 6.07) is 6.62. The van der Waals surface area contributed by atoms with Crippen LogP contribution in [0.1, 0.15) is 36.0 Å². The molecule has 1 aromatic carbocycles. The predicted molar refractivity (Wildman–Crippen MR) is 82.9 cm³/mol. The van der Waals surface area contributed by atoms with E-state index in [4.69, 9.17) is 0 Å². The van der Waals surface area contributed by atoms with Crippen molar-refractivity contribution in [1.82, 2.24) is 10.2 Å². The van der Waals surface area contributed by atoms with E-state index in [1.54, 1.807) is 0 Å². The van der Waals surface area contributed by atoms with Crippen LogP contribution in [-0.4, -0.2) is 37.0 Å². The molecular weight excluding hydrogens is 248 g/mol. The Morgan fingerprint density at radius 3 is 2.70 bits per heavy atom. The fourth-order valence-corrected chi connectivity index (χ4v) is 2.73. The minimum atomic E-state index is 0.326. The van der Waals surface area contributed by atoms with Crippen LogP contribution < -0.4 is 5.32 Å². The van der Waals surface area contributed by atoms with Crippen LogP contribution in [-0.2, 0) is 11.2 Å². The van der Waals surface area contributed by atoms with Crippen LogP contribution in [0, 0.1) is 13.8 Å². The minimum Gasteiger partial charge on any atom is -0.340 e. The number of amides is 1. The molecule has 0 spiro atoms. The lowest BCUT2D eigenvalue weighted by molar-refractivity contribution is -0.131. The summed E-state index contributed by atoms with van der Waals surface area (Å²) >= 11 is 0. The second-order valence-corrected chi connectivity index (χ2v) is 5.77. The summed E-state index contributed by atoms with van der Waals surface area (Å²) in [7, 11) is 0. The number of nitrogens with zero attached hydrogens (tertiary/aromatic N) is 1. The van der Waals surface area contributed by atoms with E-state index in [9.17, 15) is 4.79 Å². The van der Waals surface area contributed by atoms with E-state index in [0.717, 1.165) is 45.4 Å². The molecule has 1 aliphatic rings. The molecule has 0 saturated carbocycles. The Morgan fingerprint density at radius 2 is 1.95 bits per heavy atom. The number of hydrogen-bond acceptors (Lipinski definition) is 2. The smallest absolute Gasteiger partial charge is 0.222 e. The van der Waals surface area contributed by atoms with E-state index < -0.39 is 0 Å². The third kappa shape index (κ3) is 4.34. The van der Waals surface area contributed by atoms with Crippen LogP contribution in [0.15, 0.2) is 18.2 Å². The van der Waals surface area contributed by atoms with Gasteiger partial charge in [0.05, 0.1) is 0 Å². The highest BCUT2D eigenvalue weighted by Crippen LogP contribution is 2.14. The molecule has 1 N–H and O–H groups in total. The zero-order valence-electron chi connectivity index (χ0n) is 12.7. The van der Waals surface area contributed by atoms with Crippen LogP contribution in [0.2, 0.25) is 0 Å². The molecule has 3 heteroatoms. The van der Waals surface area contributed by atoms with Gasteiger partial charge in [-0.15, -0.1) is 0 Å². The second-order valence-electron chi connectivity index (χ2n) is 5.77. The molecule has 0 unspecified atom stereocenters. The van der Waals surface area contributed by atoms with Crippen LogP contribution in [0.5, 0.6) is 0 Å². The molecule has 2 rings (SSSR count). The topological polar surface area (TPSA) is 32.3 Å². The van der Waals surface area contributed by atoms with Crippen molar-refractivity contribution in [3.63, 3.8) is 0 Å². The molecule has 0 radical (unpaired) electrons. The number of unbranched alkanes of at least 4 members (excludes halogenated alkanes) is 1. The van der Waals surface area contributed by atoms with Crippen molar-refractivity contribution in [2.75, 3.05) is 26.2 Å². The number of piperazine rings is 1. The number of carbonyl (C=O) groups excluding carboxylic acids is 1. The molecule has 3 nitrogen and oxygen atoms in total. The summed E-state index contributed by atoms with van der Waals surface area (Å²) in [5, 5.41) is 3.28. The molecule has 0 bridgehead atoms. The Bertz CT molecular complexity index is 450. The molecule has 1 aliphatic heterocycles. The van der Waals surface area contributed by atoms with Gasteiger partial charge in [-0.3, -0.25) is 4.79 Å². The molecule has 1 fully saturated rings. The fourth-order valence-electron chi connectivity index (χ4n) is 2.73. The highest BCUT2D eigenvalue weighted by atomic mass is 16.2. The van der Waals surface area contributed by atoms with Gasteiger partial charge in [0.2, 0.25) is 5.91 Å². The number of rotatable bonds is 5. The largest absolute Gasteiger partial charge is 0.340 e. The minimum absolute atomic E-state index is 0.326. The average Bonchev–Trinajstić information content (AvgIpc) is 2.47. The second kappa shape index (κ2) is 7.44. The van der Waals surface area contributed by atoms with E-state index in [0.29, 0.717) is 12.3 Å². The molecule has 20 heavy (non-hydrogen) atoms. The molecule has 0 aliphatic carbocycles. The summed E-state index contributed by atoms with van der Waals surface area (Å²) in [4.78, 5) is 14.0. The first-order valence-electron chi connectivity index (χ1n) is 7.71. The predicted octanol–water partition coefficient (Wildman–Crippen LogP) is 2.45. The highest BCUT2D eigenvalue weighted by Gasteiger charge is 2.15. The van der Waals surface area contributed by atoms with E-state index in [1.165, 1.54) is 16.7 Å². The number of benzene rings is 1. The van der Waals surface area contributed by atoms with Crippen LogP contribution in [0.3, 0.4) is 0 Å². The fraction of sp³-hybridized carbons (Fsp3) is 0.588. The normalized spacial score (nSPS) is 15.4. The standard InChI is InChI=1S/C17H26N2O/c1-14-7-8-15(2)16(13-14)5-3-4-6-17(20)19-11-9-18-10-12-19/h7-8,13,18H,3-6,9-12H2,1-2H3. The Balaban J connectivity index is 1.70. The zero-order valence-corrected chi connectivity index (χ0v) is 12.7. The van der Waals surface area contributed by atoms with E-state index in [1.807, 2.05) is 4.90 Å². The van der Waals surface area contributed by atoms with Gasteiger partial charge in [-0.05, 0) is 44.2 Å². The average molecular weight is 274 g/mol. The molecule has 1 amide bonds. The SMILES string of the molecule is Cc1ccc(C)c(CCCCC(=O)N2CCNCC2)c1. The monoisotopic (exact) mass is 274 g/mol. The number of carbonyl (C=O) groups is 1. The Labute approximate surface area is 122 Å². The number of nitrogens with one attached hydrogen (secondary N) is 1. The zero-order chi connectivity index (χ0) is 14.4. The molecule has 1 heterocycles. The molecule has 1 saturated heterocycles. The maximum absolute atomic E-state index is 12.0. The Kier molecular flexibility index (Phi) is 5.60. The third-order valence-electron chi connectivity index (χ3n) is 4.06. The summed E-state index contributed by atoms with van der Waals surface area (Å²) in [6.45, 7) is 7.92. The van der Waals surface area contributed by atoms with Gasteiger partial charge < -0.3 is 10.2 Å². The van der Waals surface area contributed by atoms with Crippen molar-refractivity contribution in [2.45, 2.75) is 39.5 Å². The van der Waals surface area contributed by atoms with Gasteiger partial charge >= 0.3 is 0 Å². The van der Waals surface area contributed by atoms with Gasteiger partial charge in [0.25, 0.3) is 0 Å². The van der Waals surface area contributed by atoms with E-state index >= 15 is 0 Å². The van der Waals surface area contributed by atoms with Gasteiger partial charge in [0, 0.05) is 32.6 Å². The highest BCUT2D eigenvalue weighted by molar-refractivity contribution is 5.76. The first-order chi connectivity index (χ1) is 9.66. The number of hydrogen-bond donors (Lipinski definition) is 1. The van der Waals surface area contributed by atoms with Gasteiger partial charge in [-0.1, -0.05) is 23.8 Å². The summed E-state index contributed by atoms with van der Waals surface area (Å²) in [5.41, 5.74) is 4.12. The maximum Gasteiger partial charge on any atom is 0.222 e. The van der Waals surface area contributed by atoms with Crippen molar-refractivity contribution >= 4 is 5.91 Å². The molecule has 0 aromatic heterocycles. The molecular formula is C17H26N2O. The lowest BCUT2D eigenvalue weighted by atomic mass is 10.00. The first-order valence-corrected chi connectivity index (χ1v) is 7.71. The number of aryl methyl sites for hydroxylation is 3. The summed E-state index contributed by atoms with van der Waals surface area (Å²) < 4.78 is 0. The van der Waals surface area contributed by atoms with Crippen LogP contribution in [0.4, 0.5) is 0 Å². The lowest BCUT2D eigenvalue weighted by Crippen LogP contribution is -2.46. The van der Waals surface area contributed by atoms with Crippen molar-refractivity contribution in [3.05, 3.63) is 34.9 Å². The van der Waals surface area contributed by atoms with Crippen LogP contribution in [0.25, 0.3) is 0 Å². The Hall–Kier alpha value is -1.35. The Morgan fingerprint density at radius 1 is 1.20 bits per heavy atom. The van der Waals surface area contributed by atoms with Crippen LogP contribution >= 0.6 is 0 Å². The quantitative estimate of drug-likeness (QED) is 0.837. The maximum atomic E-state index is 12.0. The lowest BCUT2D eigenvalue weighted by Gasteiger charge is -2.27. The van der Waals surface area contributed by atoms with Crippen molar-refractivity contribution < 1.29 is 4.79 Å². The first kappa shape index (κ1) is 15.0. The van der Waals surface area contributed by atoms with E-state index in [-0.39, 0.29) is 0 Å². The summed E-state index contributed by atoms with van der Waals surface area (Å²) in [5.74, 6) is 0.326. The van der Waals surface area contributed by atoms with E-state index in [2.05, 4.69) is 37.4 Å². The van der Waals surface area contributed by atoms with Gasteiger partial charge in [-0.2, -0.15) is 0 Å². The van der Waals surface area contributed by atoms with Crippen molar-refractivity contribution in [1.29, 1.82) is 0 Å². The third-order valence-corrected chi connectivity index (χ3v) is 4.06. The van der Waals surface area contributed by atoms with Crippen molar-refractivity contribution in [3.8, 4) is 0 Å². The summed E-state index contributed by atoms with van der Waals surface area (Å²) in [6.07, 6.45) is 3.88. The van der Waals surface area contributed by atoms with Gasteiger partial charge in [-0.25, -0.2) is 0 Å². The molecule has 1 aromatic rings. The van der Waals surface area contributed by atoms with Crippen molar-refractivity contribution in [2.24, 2.45) is 0 Å².